The molecule has 1 saturated carbocycles. The Morgan fingerprint density at radius 2 is 2.10 bits per heavy atom. The fourth-order valence-electron chi connectivity index (χ4n) is 2.78. The lowest BCUT2D eigenvalue weighted by Crippen LogP contribution is -2.23. The highest BCUT2D eigenvalue weighted by atomic mass is 16.4. The quantitative estimate of drug-likeness (QED) is 0.772. The first kappa shape index (κ1) is 14.3. The van der Waals surface area contributed by atoms with E-state index in [0.29, 0.717) is 24.2 Å². The number of carbonyl (C=O) groups excluding carboxylic acids is 1. The molecule has 0 unspecified atom stereocenters. The molecule has 1 heterocycles. The number of carbonyl (C=O) groups is 2. The summed E-state index contributed by atoms with van der Waals surface area (Å²) in [6.45, 7) is 3.66. The lowest BCUT2D eigenvalue weighted by molar-refractivity contribution is -0.141. The van der Waals surface area contributed by atoms with Crippen LogP contribution in [0.5, 0.6) is 0 Å². The van der Waals surface area contributed by atoms with Crippen molar-refractivity contribution in [3.63, 3.8) is 0 Å². The second-order valence-corrected chi connectivity index (χ2v) is 5.36. The molecular formula is C14H19N3O3. The van der Waals surface area contributed by atoms with Crippen LogP contribution in [-0.2, 0) is 4.79 Å². The number of nitrogens with two attached hydrogens (primary N) is 1. The first-order valence-corrected chi connectivity index (χ1v) is 6.66. The van der Waals surface area contributed by atoms with E-state index >= 15 is 0 Å². The van der Waals surface area contributed by atoms with E-state index in [1.165, 1.54) is 0 Å². The Labute approximate surface area is 117 Å². The van der Waals surface area contributed by atoms with Crippen LogP contribution in [0.2, 0.25) is 0 Å². The van der Waals surface area contributed by atoms with Gasteiger partial charge in [0.15, 0.2) is 0 Å². The van der Waals surface area contributed by atoms with Crippen LogP contribution in [0.3, 0.4) is 0 Å². The first-order valence-electron chi connectivity index (χ1n) is 6.66. The van der Waals surface area contributed by atoms with Gasteiger partial charge in [0.25, 0.3) is 5.91 Å². The summed E-state index contributed by atoms with van der Waals surface area (Å²) in [5.41, 5.74) is 7.36. The molecule has 6 heteroatoms. The van der Waals surface area contributed by atoms with Gasteiger partial charge in [0.05, 0.1) is 11.5 Å². The third kappa shape index (κ3) is 2.89. The van der Waals surface area contributed by atoms with Crippen molar-refractivity contribution in [3.05, 3.63) is 22.9 Å². The van der Waals surface area contributed by atoms with Crippen molar-refractivity contribution in [1.82, 2.24) is 4.98 Å². The molecule has 6 nitrogen and oxygen atoms in total. The molecule has 0 spiro atoms. The van der Waals surface area contributed by atoms with Gasteiger partial charge in [0, 0.05) is 11.7 Å². The molecule has 1 fully saturated rings. The van der Waals surface area contributed by atoms with Crippen LogP contribution in [0.15, 0.2) is 6.07 Å². The van der Waals surface area contributed by atoms with Gasteiger partial charge >= 0.3 is 5.97 Å². The van der Waals surface area contributed by atoms with Crippen molar-refractivity contribution in [2.45, 2.75) is 39.2 Å². The highest BCUT2D eigenvalue weighted by Crippen LogP contribution is 2.29. The summed E-state index contributed by atoms with van der Waals surface area (Å²) >= 11 is 0. The van der Waals surface area contributed by atoms with E-state index < -0.39 is 11.9 Å². The monoisotopic (exact) mass is 277 g/mol. The predicted octanol–water partition coefficient (Wildman–Crippen LogP) is 1.46. The van der Waals surface area contributed by atoms with Gasteiger partial charge in [-0.3, -0.25) is 9.59 Å². The van der Waals surface area contributed by atoms with Gasteiger partial charge in [-0.15, -0.1) is 0 Å². The normalized spacial score (nSPS) is 21.7. The number of anilines is 1. The smallest absolute Gasteiger partial charge is 0.306 e. The molecule has 20 heavy (non-hydrogen) atoms. The molecule has 4 N–H and O–H groups in total. The second kappa shape index (κ2) is 5.48. The van der Waals surface area contributed by atoms with Gasteiger partial charge in [0.2, 0.25) is 0 Å². The fraction of sp³-hybridized carbons (Fsp3) is 0.500. The van der Waals surface area contributed by atoms with E-state index in [-0.39, 0.29) is 12.0 Å². The van der Waals surface area contributed by atoms with Crippen LogP contribution >= 0.6 is 0 Å². The van der Waals surface area contributed by atoms with Crippen LogP contribution in [-0.4, -0.2) is 28.0 Å². The van der Waals surface area contributed by atoms with Crippen LogP contribution < -0.4 is 11.1 Å². The number of nitrogens with zero attached hydrogens (tertiary/aromatic N) is 1. The zero-order chi connectivity index (χ0) is 14.9. The first-order chi connectivity index (χ1) is 9.38. The van der Waals surface area contributed by atoms with E-state index in [2.05, 4.69) is 10.3 Å². The van der Waals surface area contributed by atoms with Gasteiger partial charge in [-0.05, 0) is 44.7 Å². The average Bonchev–Trinajstić information content (AvgIpc) is 2.75. The standard InChI is InChI=1S/C14H19N3O3/c1-7-5-8(2)16-13(11(7)12(15)18)17-10-4-3-9(6-10)14(19)20/h5,9-10H,3-4,6H2,1-2H3,(H2,15,18)(H,16,17)(H,19,20)/t9-,10+/m1/s1. The Kier molecular flexibility index (Phi) is 3.92. The third-order valence-electron chi connectivity index (χ3n) is 3.71. The highest BCUT2D eigenvalue weighted by molar-refractivity contribution is 5.99. The maximum atomic E-state index is 11.5. The number of carboxylic acids is 1. The van der Waals surface area contributed by atoms with Crippen molar-refractivity contribution in [2.75, 3.05) is 5.32 Å². The number of aryl methyl sites for hydroxylation is 2. The van der Waals surface area contributed by atoms with Crippen LogP contribution in [0.25, 0.3) is 0 Å². The molecule has 0 aromatic carbocycles. The number of pyridine rings is 1. The fourth-order valence-corrected chi connectivity index (χ4v) is 2.78. The Balaban J connectivity index is 2.21. The Hall–Kier alpha value is -2.11. The van der Waals surface area contributed by atoms with E-state index in [1.54, 1.807) is 6.07 Å². The maximum absolute atomic E-state index is 11.5. The van der Waals surface area contributed by atoms with Gasteiger partial charge in [-0.25, -0.2) is 4.98 Å². The molecule has 108 valence electrons. The minimum absolute atomic E-state index is 0.0166. The molecule has 1 amide bonds. The minimum atomic E-state index is -0.766. The van der Waals surface area contributed by atoms with E-state index in [9.17, 15) is 9.59 Å². The zero-order valence-electron chi connectivity index (χ0n) is 11.6. The van der Waals surface area contributed by atoms with E-state index in [4.69, 9.17) is 10.8 Å². The minimum Gasteiger partial charge on any atom is -0.481 e. The van der Waals surface area contributed by atoms with Gasteiger partial charge in [-0.1, -0.05) is 0 Å². The van der Waals surface area contributed by atoms with Crippen molar-refractivity contribution >= 4 is 17.7 Å². The van der Waals surface area contributed by atoms with Crippen molar-refractivity contribution in [2.24, 2.45) is 11.7 Å². The number of nitrogens with one attached hydrogen (secondary N) is 1. The number of hydrogen-bond donors (Lipinski definition) is 3. The Bertz CT molecular complexity index is 557. The number of aliphatic carboxylic acids is 1. The molecule has 1 aliphatic carbocycles. The second-order valence-electron chi connectivity index (χ2n) is 5.36. The number of amides is 1. The summed E-state index contributed by atoms with van der Waals surface area (Å²) in [7, 11) is 0. The lowest BCUT2D eigenvalue weighted by atomic mass is 10.1. The number of aromatic nitrogens is 1. The number of carboxylic acid groups (broad SMARTS) is 1. The SMILES string of the molecule is Cc1cc(C)c(C(N)=O)c(N[C@H]2CC[C@@H](C(=O)O)C2)n1. The largest absolute Gasteiger partial charge is 0.481 e. The Morgan fingerprint density at radius 1 is 1.40 bits per heavy atom. The third-order valence-corrected chi connectivity index (χ3v) is 3.71. The molecule has 0 radical (unpaired) electrons. The molecule has 2 atom stereocenters. The summed E-state index contributed by atoms with van der Waals surface area (Å²) in [5.74, 6) is -1.15. The molecular weight excluding hydrogens is 258 g/mol. The van der Waals surface area contributed by atoms with E-state index in [0.717, 1.165) is 17.7 Å². The predicted molar refractivity (Wildman–Crippen MR) is 74.6 cm³/mol. The lowest BCUT2D eigenvalue weighted by Gasteiger charge is -2.17. The molecule has 1 aliphatic rings. The van der Waals surface area contributed by atoms with Crippen molar-refractivity contribution < 1.29 is 14.7 Å². The molecule has 0 aliphatic heterocycles. The molecule has 1 aromatic rings. The van der Waals surface area contributed by atoms with Gasteiger partial charge in [-0.2, -0.15) is 0 Å². The highest BCUT2D eigenvalue weighted by Gasteiger charge is 2.30. The van der Waals surface area contributed by atoms with Crippen molar-refractivity contribution in [1.29, 1.82) is 0 Å². The Morgan fingerprint density at radius 3 is 2.65 bits per heavy atom. The van der Waals surface area contributed by atoms with E-state index in [1.807, 2.05) is 13.8 Å². The van der Waals surface area contributed by atoms with Crippen LogP contribution in [0.4, 0.5) is 5.82 Å². The molecule has 0 bridgehead atoms. The van der Waals surface area contributed by atoms with Crippen LogP contribution in [0, 0.1) is 19.8 Å². The number of hydrogen-bond acceptors (Lipinski definition) is 4. The van der Waals surface area contributed by atoms with Crippen molar-refractivity contribution in [3.8, 4) is 0 Å². The summed E-state index contributed by atoms with van der Waals surface area (Å²) < 4.78 is 0. The van der Waals surface area contributed by atoms with Gasteiger partial charge < -0.3 is 16.2 Å². The number of rotatable bonds is 4. The number of primary amides is 1. The summed E-state index contributed by atoms with van der Waals surface area (Å²) in [6.07, 6.45) is 1.94. The van der Waals surface area contributed by atoms with Crippen LogP contribution in [0.1, 0.15) is 40.9 Å². The zero-order valence-corrected chi connectivity index (χ0v) is 11.6. The summed E-state index contributed by atoms with van der Waals surface area (Å²) in [6, 6.07) is 1.82. The summed E-state index contributed by atoms with van der Waals surface area (Å²) in [5, 5.41) is 12.2. The topological polar surface area (TPSA) is 105 Å². The molecule has 0 saturated heterocycles. The molecule has 1 aromatic heterocycles. The molecule has 2 rings (SSSR count). The maximum Gasteiger partial charge on any atom is 0.306 e. The summed E-state index contributed by atoms with van der Waals surface area (Å²) in [4.78, 5) is 26.8. The van der Waals surface area contributed by atoms with Gasteiger partial charge in [0.1, 0.15) is 5.82 Å². The average molecular weight is 277 g/mol.